The molecular weight excluding hydrogens is 368 g/mol. The Kier molecular flexibility index (Phi) is 5.17. The predicted molar refractivity (Wildman–Crippen MR) is 88.2 cm³/mol. The van der Waals surface area contributed by atoms with Crippen LogP contribution in [-0.4, -0.2) is 70.7 Å². The van der Waals surface area contributed by atoms with Gasteiger partial charge in [-0.2, -0.15) is 8.42 Å². The van der Waals surface area contributed by atoms with Crippen LogP contribution in [0.4, 0.5) is 0 Å². The van der Waals surface area contributed by atoms with Crippen molar-refractivity contribution >= 4 is 20.9 Å². The summed E-state index contributed by atoms with van der Waals surface area (Å²) in [5, 5.41) is 39.8. The van der Waals surface area contributed by atoms with Gasteiger partial charge in [0.1, 0.15) is 30.2 Å². The summed E-state index contributed by atoms with van der Waals surface area (Å²) in [7, 11) is -4.31. The van der Waals surface area contributed by atoms with Crippen LogP contribution in [0.1, 0.15) is 0 Å². The van der Waals surface area contributed by atoms with Gasteiger partial charge in [-0.15, -0.1) is 0 Å². The third-order valence-corrected chi connectivity index (χ3v) is 5.03. The van der Waals surface area contributed by atoms with Crippen LogP contribution >= 0.6 is 0 Å². The highest BCUT2D eigenvalue weighted by Crippen LogP contribution is 2.27. The minimum atomic E-state index is -4.31. The second-order valence-corrected chi connectivity index (χ2v) is 7.38. The van der Waals surface area contributed by atoms with Gasteiger partial charge >= 0.3 is 0 Å². The van der Waals surface area contributed by atoms with Gasteiger partial charge in [0, 0.05) is 0 Å². The van der Waals surface area contributed by atoms with Crippen molar-refractivity contribution in [1.82, 2.24) is 0 Å². The first-order valence-electron chi connectivity index (χ1n) is 7.69. The number of aliphatic hydroxyl groups is 4. The van der Waals surface area contributed by atoms with Crippen LogP contribution in [0.5, 0.6) is 5.75 Å². The Bertz CT molecular complexity index is 896. The van der Waals surface area contributed by atoms with E-state index in [9.17, 15) is 28.8 Å². The first kappa shape index (κ1) is 19.0. The largest absolute Gasteiger partial charge is 0.462 e. The Labute approximate surface area is 148 Å². The number of ether oxygens (including phenoxy) is 2. The SMILES string of the molecule is O=S(=O)(O)c1ccc2cc(O[C@H]3O[C@H](CO)[C@@H](O)[C@H](O)[C@H]3O)ccc2c1. The van der Waals surface area contributed by atoms with Crippen molar-refractivity contribution in [3.8, 4) is 5.75 Å². The fraction of sp³-hybridized carbons (Fsp3) is 0.375. The molecular formula is C16H18O9S. The quantitative estimate of drug-likeness (QED) is 0.428. The molecule has 1 heterocycles. The van der Waals surface area contributed by atoms with Crippen LogP contribution < -0.4 is 4.74 Å². The maximum Gasteiger partial charge on any atom is 0.294 e. The summed E-state index contributed by atoms with van der Waals surface area (Å²) >= 11 is 0. The van der Waals surface area contributed by atoms with Crippen molar-refractivity contribution in [1.29, 1.82) is 0 Å². The second kappa shape index (κ2) is 7.08. The number of hydrogen-bond acceptors (Lipinski definition) is 8. The molecule has 0 aliphatic carbocycles. The smallest absolute Gasteiger partial charge is 0.294 e. The molecule has 2 aromatic carbocycles. The van der Waals surface area contributed by atoms with E-state index in [2.05, 4.69) is 0 Å². The van der Waals surface area contributed by atoms with Crippen molar-refractivity contribution in [2.45, 2.75) is 35.6 Å². The highest BCUT2D eigenvalue weighted by atomic mass is 32.2. The van der Waals surface area contributed by atoms with Crippen LogP contribution in [-0.2, 0) is 14.9 Å². The molecule has 0 spiro atoms. The Balaban J connectivity index is 1.84. The minimum Gasteiger partial charge on any atom is -0.462 e. The topological polar surface area (TPSA) is 154 Å². The molecule has 0 unspecified atom stereocenters. The van der Waals surface area contributed by atoms with Gasteiger partial charge in [0.05, 0.1) is 11.5 Å². The zero-order chi connectivity index (χ0) is 19.1. The first-order chi connectivity index (χ1) is 12.2. The average molecular weight is 386 g/mol. The van der Waals surface area contributed by atoms with Gasteiger partial charge in [0.25, 0.3) is 10.1 Å². The Morgan fingerprint density at radius 1 is 0.962 bits per heavy atom. The van der Waals surface area contributed by atoms with Gasteiger partial charge in [-0.05, 0) is 35.0 Å². The lowest BCUT2D eigenvalue weighted by Gasteiger charge is -2.39. The number of benzene rings is 2. The molecule has 0 amide bonds. The molecule has 1 aliphatic heterocycles. The normalized spacial score (nSPS) is 29.7. The molecule has 0 radical (unpaired) electrons. The highest BCUT2D eigenvalue weighted by Gasteiger charge is 2.44. The molecule has 10 heteroatoms. The van der Waals surface area contributed by atoms with Gasteiger partial charge in [0.2, 0.25) is 6.29 Å². The van der Waals surface area contributed by atoms with Gasteiger partial charge in [-0.1, -0.05) is 12.1 Å². The van der Waals surface area contributed by atoms with E-state index in [1.807, 2.05) is 0 Å². The van der Waals surface area contributed by atoms with E-state index in [4.69, 9.17) is 14.0 Å². The fourth-order valence-electron chi connectivity index (χ4n) is 2.73. The average Bonchev–Trinajstić information content (AvgIpc) is 2.61. The molecule has 9 nitrogen and oxygen atoms in total. The van der Waals surface area contributed by atoms with Gasteiger partial charge in [-0.3, -0.25) is 4.55 Å². The van der Waals surface area contributed by atoms with E-state index in [0.717, 1.165) is 0 Å². The Hall–Kier alpha value is -1.79. The zero-order valence-corrected chi connectivity index (χ0v) is 14.2. The molecule has 1 saturated heterocycles. The van der Waals surface area contributed by atoms with Crippen LogP contribution in [0.25, 0.3) is 10.8 Å². The van der Waals surface area contributed by atoms with E-state index >= 15 is 0 Å². The van der Waals surface area contributed by atoms with E-state index in [-0.39, 0.29) is 10.6 Å². The lowest BCUT2D eigenvalue weighted by Crippen LogP contribution is -2.60. The summed E-state index contributed by atoms with van der Waals surface area (Å²) < 4.78 is 42.2. The standard InChI is InChI=1S/C16H18O9S/c17-7-12-13(18)14(19)15(20)16(25-12)24-10-3-1-9-6-11(26(21,22)23)4-2-8(9)5-10/h1-6,12-20H,7H2,(H,21,22,23)/t12-,13-,14+,15-,16+/m1/s1. The molecule has 1 aliphatic rings. The highest BCUT2D eigenvalue weighted by molar-refractivity contribution is 7.85. The summed E-state index contributed by atoms with van der Waals surface area (Å²) in [6.45, 7) is -0.569. The van der Waals surface area contributed by atoms with Gasteiger partial charge < -0.3 is 29.9 Å². The van der Waals surface area contributed by atoms with E-state index in [1.165, 1.54) is 24.3 Å². The molecule has 3 rings (SSSR count). The summed E-state index contributed by atoms with van der Waals surface area (Å²) in [6, 6.07) is 8.57. The van der Waals surface area contributed by atoms with Crippen molar-refractivity contribution in [2.24, 2.45) is 0 Å². The molecule has 0 bridgehead atoms. The molecule has 0 aromatic heterocycles. The number of rotatable bonds is 4. The lowest BCUT2D eigenvalue weighted by molar-refractivity contribution is -0.277. The molecule has 2 aromatic rings. The maximum absolute atomic E-state index is 11.2. The van der Waals surface area contributed by atoms with E-state index < -0.39 is 47.4 Å². The van der Waals surface area contributed by atoms with Gasteiger partial charge in [-0.25, -0.2) is 0 Å². The third kappa shape index (κ3) is 3.67. The minimum absolute atomic E-state index is 0.243. The number of hydrogen-bond donors (Lipinski definition) is 5. The summed E-state index contributed by atoms with van der Waals surface area (Å²) in [6.07, 6.45) is -6.98. The third-order valence-electron chi connectivity index (χ3n) is 4.18. The maximum atomic E-state index is 11.2. The second-order valence-electron chi connectivity index (χ2n) is 5.96. The van der Waals surface area contributed by atoms with Crippen LogP contribution in [0.15, 0.2) is 41.3 Å². The van der Waals surface area contributed by atoms with E-state index in [1.54, 1.807) is 12.1 Å². The Morgan fingerprint density at radius 2 is 1.62 bits per heavy atom. The van der Waals surface area contributed by atoms with Crippen molar-refractivity contribution < 1.29 is 42.9 Å². The molecule has 26 heavy (non-hydrogen) atoms. The Morgan fingerprint density at radius 3 is 2.27 bits per heavy atom. The van der Waals surface area contributed by atoms with E-state index in [0.29, 0.717) is 10.8 Å². The lowest BCUT2D eigenvalue weighted by atomic mass is 9.99. The molecule has 5 atom stereocenters. The number of fused-ring (bicyclic) bond motifs is 1. The molecule has 142 valence electrons. The molecule has 0 saturated carbocycles. The molecule has 5 N–H and O–H groups in total. The first-order valence-corrected chi connectivity index (χ1v) is 9.13. The van der Waals surface area contributed by atoms with Crippen molar-refractivity contribution in [2.75, 3.05) is 6.61 Å². The summed E-state index contributed by atoms with van der Waals surface area (Å²) in [5.74, 6) is 0.251. The van der Waals surface area contributed by atoms with Gasteiger partial charge in [0.15, 0.2) is 0 Å². The van der Waals surface area contributed by atoms with Crippen molar-refractivity contribution in [3.05, 3.63) is 36.4 Å². The monoisotopic (exact) mass is 386 g/mol. The summed E-state index contributed by atoms with van der Waals surface area (Å²) in [4.78, 5) is -0.243. The van der Waals surface area contributed by atoms with Crippen LogP contribution in [0, 0.1) is 0 Å². The predicted octanol–water partition coefficient (Wildman–Crippen LogP) is -0.735. The van der Waals surface area contributed by atoms with Crippen LogP contribution in [0.2, 0.25) is 0 Å². The summed E-state index contributed by atoms with van der Waals surface area (Å²) in [5.41, 5.74) is 0. The molecule has 1 fully saturated rings. The fourth-order valence-corrected chi connectivity index (χ4v) is 3.25. The van der Waals surface area contributed by atoms with Crippen LogP contribution in [0.3, 0.4) is 0 Å². The van der Waals surface area contributed by atoms with Crippen molar-refractivity contribution in [3.63, 3.8) is 0 Å². The number of aliphatic hydroxyl groups excluding tert-OH is 4. The zero-order valence-electron chi connectivity index (χ0n) is 13.3.